The van der Waals surface area contributed by atoms with Crippen molar-refractivity contribution in [2.75, 3.05) is 38.9 Å². The number of hydrazone groups is 1. The summed E-state index contributed by atoms with van der Waals surface area (Å²) >= 11 is 0. The number of nitrogens with two attached hydrogens (primary N) is 1. The maximum atomic E-state index is 12.1. The third-order valence-corrected chi connectivity index (χ3v) is 6.21. The van der Waals surface area contributed by atoms with Gasteiger partial charge < -0.3 is 21.4 Å². The molecule has 1 fully saturated rings. The van der Waals surface area contributed by atoms with Crippen LogP contribution in [0.4, 0.5) is 23.1 Å². The van der Waals surface area contributed by atoms with Crippen molar-refractivity contribution >= 4 is 41.5 Å². The Morgan fingerprint density at radius 1 is 1.27 bits per heavy atom. The van der Waals surface area contributed by atoms with Crippen LogP contribution in [0.1, 0.15) is 36.0 Å². The summed E-state index contributed by atoms with van der Waals surface area (Å²) in [5.41, 5.74) is 10.1. The number of rotatable bonds is 9. The quantitative estimate of drug-likeness (QED) is 0.263. The van der Waals surface area contributed by atoms with E-state index in [-0.39, 0.29) is 5.56 Å². The van der Waals surface area contributed by atoms with Gasteiger partial charge in [0.05, 0.1) is 38.2 Å². The number of anilines is 3. The first kappa shape index (κ1) is 24.3. The highest BCUT2D eigenvalue weighted by atomic mass is 16.1. The fourth-order valence-corrected chi connectivity index (χ4v) is 4.47. The van der Waals surface area contributed by atoms with Crippen molar-refractivity contribution in [1.29, 1.82) is 5.41 Å². The average molecular weight is 453 g/mol. The minimum absolute atomic E-state index is 0.228. The van der Waals surface area contributed by atoms with Gasteiger partial charge in [-0.25, -0.2) is 0 Å². The number of quaternary nitrogens is 1. The van der Waals surface area contributed by atoms with Gasteiger partial charge in [-0.3, -0.25) is 14.7 Å². The maximum absolute atomic E-state index is 12.1. The van der Waals surface area contributed by atoms with Crippen LogP contribution >= 0.6 is 0 Å². The van der Waals surface area contributed by atoms with E-state index in [9.17, 15) is 4.79 Å². The van der Waals surface area contributed by atoms with Crippen LogP contribution < -0.4 is 21.0 Å². The van der Waals surface area contributed by atoms with Gasteiger partial charge in [0.25, 0.3) is 5.91 Å². The van der Waals surface area contributed by atoms with Crippen molar-refractivity contribution in [1.82, 2.24) is 19.4 Å². The van der Waals surface area contributed by atoms with Crippen molar-refractivity contribution in [3.8, 4) is 0 Å². The summed E-state index contributed by atoms with van der Waals surface area (Å²) < 4.78 is 0.510. The molecule has 1 amide bonds. The lowest BCUT2D eigenvalue weighted by atomic mass is 9.87. The first-order chi connectivity index (χ1) is 15.7. The highest BCUT2D eigenvalue weighted by Gasteiger charge is 2.42. The van der Waals surface area contributed by atoms with Gasteiger partial charge in [0.15, 0.2) is 5.82 Å². The lowest BCUT2D eigenvalue weighted by molar-refractivity contribution is 0.0998. The topological polar surface area (TPSA) is 132 Å². The number of hydrogen-bond acceptors (Lipinski definition) is 8. The largest absolute Gasteiger partial charge is 0.365 e. The number of hydrogen-bond donors (Lipinski definition) is 4. The first-order valence-corrected chi connectivity index (χ1v) is 11.1. The average Bonchev–Trinajstić information content (AvgIpc) is 2.79. The van der Waals surface area contributed by atoms with E-state index in [1.807, 2.05) is 24.3 Å². The Morgan fingerprint density at radius 2 is 2.00 bits per heavy atom. The molecule has 1 aliphatic carbocycles. The van der Waals surface area contributed by atoms with E-state index in [1.165, 1.54) is 25.3 Å². The molecule has 1 aromatic carbocycles. The predicted octanol–water partition coefficient (Wildman–Crippen LogP) is 2.81. The lowest BCUT2D eigenvalue weighted by Crippen LogP contribution is -2.60. The van der Waals surface area contributed by atoms with Gasteiger partial charge in [0.1, 0.15) is 11.6 Å². The van der Waals surface area contributed by atoms with Crippen LogP contribution in [0.25, 0.3) is 0 Å². The molecule has 1 aromatic heterocycles. The number of carbonyl (C=O) groups excluding carboxylic acids is 1. The van der Waals surface area contributed by atoms with Crippen molar-refractivity contribution in [2.45, 2.75) is 37.8 Å². The minimum Gasteiger partial charge on any atom is -0.365 e. The highest BCUT2D eigenvalue weighted by molar-refractivity contribution is 6.14. The van der Waals surface area contributed by atoms with Crippen LogP contribution in [-0.4, -0.2) is 73.5 Å². The smallest absolute Gasteiger partial charge is 0.330 e. The van der Waals surface area contributed by atoms with Gasteiger partial charge in [-0.2, -0.15) is 15.1 Å². The molecule has 176 valence electrons. The molecule has 2 unspecified atom stereocenters. The molecule has 33 heavy (non-hydrogen) atoms. The van der Waals surface area contributed by atoms with Crippen molar-refractivity contribution in [3.63, 3.8) is 0 Å². The highest BCUT2D eigenvalue weighted by Crippen LogP contribution is 2.33. The fourth-order valence-electron chi connectivity index (χ4n) is 4.47. The molecule has 1 aliphatic rings. The molecule has 0 saturated heterocycles. The second-order valence-electron chi connectivity index (χ2n) is 8.98. The molecule has 3 rings (SSSR count). The Hall–Kier alpha value is -3.37. The molecule has 1 heterocycles. The number of nitrogens with zero attached hydrogens (tertiary/aromatic N) is 5. The van der Waals surface area contributed by atoms with Crippen LogP contribution in [0.15, 0.2) is 35.6 Å². The Bertz CT molecular complexity index is 1020. The molecule has 0 spiro atoms. The van der Waals surface area contributed by atoms with Crippen LogP contribution in [0.3, 0.4) is 0 Å². The van der Waals surface area contributed by atoms with E-state index in [1.54, 1.807) is 0 Å². The summed E-state index contributed by atoms with van der Waals surface area (Å²) in [7, 11) is 8.50. The Kier molecular flexibility index (Phi) is 7.72. The first-order valence-electron chi connectivity index (χ1n) is 11.1. The van der Waals surface area contributed by atoms with E-state index >= 15 is 0 Å². The third kappa shape index (κ3) is 5.71. The Balaban J connectivity index is 1.94. The van der Waals surface area contributed by atoms with E-state index in [0.717, 1.165) is 24.7 Å². The van der Waals surface area contributed by atoms with Gasteiger partial charge >= 0.3 is 5.95 Å². The zero-order chi connectivity index (χ0) is 24.0. The second-order valence-corrected chi connectivity index (χ2v) is 8.98. The standard InChI is InChI=1S/C23H33N9O/c1-31(2)19-10-5-6-11-20(19)32(3,4)23-26-15-18(21(25)33)22(29-23)28-16-8-7-9-17(14-16)30-27-13-12-24/h7-9,12-15,19-20H,5-6,10-11H2,1-4H3,(H4-,24,25,26,28,29,30,33)/p+1. The van der Waals surface area contributed by atoms with E-state index in [4.69, 9.17) is 16.1 Å². The van der Waals surface area contributed by atoms with Gasteiger partial charge in [-0.05, 0) is 45.1 Å². The lowest BCUT2D eigenvalue weighted by Gasteiger charge is -2.44. The zero-order valence-electron chi connectivity index (χ0n) is 19.7. The van der Waals surface area contributed by atoms with Crippen molar-refractivity contribution in [2.24, 2.45) is 10.8 Å². The summed E-state index contributed by atoms with van der Waals surface area (Å²) in [5.74, 6) is 0.408. The number of benzene rings is 1. The normalized spacial score (nSPS) is 18.9. The second kappa shape index (κ2) is 10.5. The summed E-state index contributed by atoms with van der Waals surface area (Å²) in [5, 5.41) is 14.2. The SMILES string of the molecule is CN(C)C1CCCCC1[N+](C)(C)c1ncc(C(N)=O)c(Nc2cccc(NN=CC=N)c2)n1. The van der Waals surface area contributed by atoms with Crippen molar-refractivity contribution in [3.05, 3.63) is 36.0 Å². The molecule has 0 radical (unpaired) electrons. The van der Waals surface area contributed by atoms with Gasteiger partial charge in [0.2, 0.25) is 0 Å². The van der Waals surface area contributed by atoms with Crippen molar-refractivity contribution < 1.29 is 4.79 Å². The molecule has 10 heteroatoms. The molecule has 5 N–H and O–H groups in total. The molecular weight excluding hydrogens is 418 g/mol. The van der Waals surface area contributed by atoms with Gasteiger partial charge in [0, 0.05) is 18.3 Å². The molecule has 10 nitrogen and oxygen atoms in total. The molecule has 1 saturated carbocycles. The van der Waals surface area contributed by atoms with Crippen LogP contribution in [-0.2, 0) is 0 Å². The molecular formula is C23H34N9O+. The van der Waals surface area contributed by atoms with Crippen LogP contribution in [0.2, 0.25) is 0 Å². The number of primary amides is 1. The number of carbonyl (C=O) groups is 1. The van der Waals surface area contributed by atoms with Gasteiger partial charge in [-0.15, -0.1) is 0 Å². The third-order valence-electron chi connectivity index (χ3n) is 6.21. The molecule has 2 atom stereocenters. The number of aromatic nitrogens is 2. The molecule has 0 aliphatic heterocycles. The predicted molar refractivity (Wildman–Crippen MR) is 135 cm³/mol. The minimum atomic E-state index is -0.594. The maximum Gasteiger partial charge on any atom is 0.330 e. The van der Waals surface area contributed by atoms with E-state index < -0.39 is 5.91 Å². The van der Waals surface area contributed by atoms with Crippen LogP contribution in [0, 0.1) is 5.41 Å². The van der Waals surface area contributed by atoms with Crippen LogP contribution in [0.5, 0.6) is 0 Å². The monoisotopic (exact) mass is 452 g/mol. The summed E-state index contributed by atoms with van der Waals surface area (Å²) in [4.78, 5) is 23.7. The van der Waals surface area contributed by atoms with Gasteiger partial charge in [-0.1, -0.05) is 12.5 Å². The summed E-state index contributed by atoms with van der Waals surface area (Å²) in [6.07, 6.45) is 8.58. The summed E-state index contributed by atoms with van der Waals surface area (Å²) in [6.45, 7) is 0. The zero-order valence-corrected chi connectivity index (χ0v) is 19.7. The molecule has 2 aromatic rings. The summed E-state index contributed by atoms with van der Waals surface area (Å²) in [6, 6.07) is 8.14. The Morgan fingerprint density at radius 3 is 2.70 bits per heavy atom. The van der Waals surface area contributed by atoms with E-state index in [0.29, 0.717) is 34.0 Å². The molecule has 0 bridgehead atoms. The number of likely N-dealkylation sites (N-methyl/N-ethyl adjacent to an activating group) is 2. The van der Waals surface area contributed by atoms with E-state index in [2.05, 4.69) is 53.9 Å². The Labute approximate surface area is 195 Å². The number of nitrogens with one attached hydrogen (secondary N) is 3. The number of amides is 1. The fraction of sp³-hybridized carbons (Fsp3) is 0.435.